The molecule has 0 spiro atoms. The van der Waals surface area contributed by atoms with Gasteiger partial charge >= 0.3 is 23.9 Å². The average molecular weight is 396 g/mol. The highest BCUT2D eigenvalue weighted by atomic mass is 16.6. The molecule has 12 nitrogen and oxygen atoms in total. The van der Waals surface area contributed by atoms with Gasteiger partial charge in [-0.2, -0.15) is 0 Å². The third-order valence-corrected chi connectivity index (χ3v) is 3.36. The van der Waals surface area contributed by atoms with Gasteiger partial charge in [-0.15, -0.1) is 0 Å². The average Bonchev–Trinajstić information content (AvgIpc) is 2.63. The maximum atomic E-state index is 11.3. The number of carbonyl (C=O) groups is 4. The summed E-state index contributed by atoms with van der Waals surface area (Å²) in [5.74, 6) is -5.96. The summed E-state index contributed by atoms with van der Waals surface area (Å²) >= 11 is 0. The molecule has 0 aliphatic carbocycles. The van der Waals surface area contributed by atoms with Crippen molar-refractivity contribution in [3.05, 3.63) is 0 Å². The number of carbonyl (C=O) groups excluding carboxylic acids is 2. The molecule has 0 heterocycles. The number of aliphatic hydroxyl groups excluding tert-OH is 4. The normalized spacial score (nSPS) is 15.3. The van der Waals surface area contributed by atoms with Crippen molar-refractivity contribution in [3.63, 3.8) is 0 Å². The third-order valence-electron chi connectivity index (χ3n) is 3.36. The largest absolute Gasteiger partial charge is 0.479 e. The molecule has 0 amide bonds. The van der Waals surface area contributed by atoms with Crippen LogP contribution in [0.5, 0.6) is 0 Å². The molecule has 12 heteroatoms. The van der Waals surface area contributed by atoms with Crippen LogP contribution >= 0.6 is 0 Å². The number of hydrogen-bond donors (Lipinski definition) is 6. The maximum Gasteiger partial charge on any atom is 0.338 e. The highest BCUT2D eigenvalue weighted by molar-refractivity contribution is 5.84. The topological polar surface area (TPSA) is 208 Å². The van der Waals surface area contributed by atoms with Crippen molar-refractivity contribution in [2.75, 3.05) is 13.2 Å². The van der Waals surface area contributed by atoms with E-state index >= 15 is 0 Å². The smallest absolute Gasteiger partial charge is 0.338 e. The minimum Gasteiger partial charge on any atom is -0.479 e. The van der Waals surface area contributed by atoms with Crippen LogP contribution in [-0.2, 0) is 28.7 Å². The first-order valence-corrected chi connectivity index (χ1v) is 8.10. The van der Waals surface area contributed by atoms with Gasteiger partial charge in [0.1, 0.15) is 0 Å². The third kappa shape index (κ3) is 9.84. The van der Waals surface area contributed by atoms with Gasteiger partial charge in [0, 0.05) is 0 Å². The lowest BCUT2D eigenvalue weighted by atomic mass is 10.1. The molecule has 0 aliphatic rings. The molecule has 27 heavy (non-hydrogen) atoms. The van der Waals surface area contributed by atoms with Crippen LogP contribution in [0.1, 0.15) is 32.1 Å². The molecule has 0 fully saturated rings. The van der Waals surface area contributed by atoms with Crippen LogP contribution in [0, 0.1) is 0 Å². The molecular formula is C15H24O12. The van der Waals surface area contributed by atoms with Gasteiger partial charge in [-0.1, -0.05) is 19.3 Å². The van der Waals surface area contributed by atoms with E-state index in [1.165, 1.54) is 0 Å². The zero-order valence-electron chi connectivity index (χ0n) is 14.4. The number of carboxylic acid groups (broad SMARTS) is 2. The first kappa shape index (κ1) is 24.7. The predicted molar refractivity (Wildman–Crippen MR) is 84.3 cm³/mol. The Bertz CT molecular complexity index is 461. The van der Waals surface area contributed by atoms with Gasteiger partial charge in [-0.05, 0) is 12.8 Å². The van der Waals surface area contributed by atoms with Gasteiger partial charge in [0.2, 0.25) is 0 Å². The van der Waals surface area contributed by atoms with Crippen LogP contribution < -0.4 is 0 Å². The Labute approximate surface area is 153 Å². The van der Waals surface area contributed by atoms with E-state index < -0.39 is 48.3 Å². The Morgan fingerprint density at radius 1 is 0.556 bits per heavy atom. The van der Waals surface area contributed by atoms with Gasteiger partial charge < -0.3 is 40.1 Å². The van der Waals surface area contributed by atoms with Crippen molar-refractivity contribution in [1.82, 2.24) is 0 Å². The van der Waals surface area contributed by atoms with Crippen molar-refractivity contribution >= 4 is 23.9 Å². The molecule has 0 saturated carbocycles. The van der Waals surface area contributed by atoms with E-state index in [-0.39, 0.29) is 13.2 Å². The summed E-state index contributed by atoms with van der Waals surface area (Å²) in [6.07, 6.45) is -6.10. The zero-order valence-corrected chi connectivity index (χ0v) is 14.4. The molecule has 4 atom stereocenters. The molecular weight excluding hydrogens is 372 g/mol. The van der Waals surface area contributed by atoms with Crippen LogP contribution in [0.3, 0.4) is 0 Å². The van der Waals surface area contributed by atoms with Gasteiger partial charge in [-0.25, -0.2) is 19.2 Å². The molecule has 6 N–H and O–H groups in total. The maximum absolute atomic E-state index is 11.3. The highest BCUT2D eigenvalue weighted by Crippen LogP contribution is 2.06. The summed E-state index contributed by atoms with van der Waals surface area (Å²) in [6.45, 7) is -0.146. The summed E-state index contributed by atoms with van der Waals surface area (Å²) in [5, 5.41) is 53.2. The Balaban J connectivity index is 3.71. The molecule has 0 radical (unpaired) electrons. The number of ether oxygens (including phenoxy) is 2. The van der Waals surface area contributed by atoms with Crippen molar-refractivity contribution < 1.29 is 59.3 Å². The molecule has 4 unspecified atom stereocenters. The Morgan fingerprint density at radius 2 is 0.852 bits per heavy atom. The summed E-state index contributed by atoms with van der Waals surface area (Å²) in [5.41, 5.74) is 0. The number of aliphatic carboxylic acids is 2. The van der Waals surface area contributed by atoms with E-state index in [0.29, 0.717) is 32.1 Å². The van der Waals surface area contributed by atoms with E-state index in [1.807, 2.05) is 0 Å². The summed E-state index contributed by atoms with van der Waals surface area (Å²) in [7, 11) is 0. The van der Waals surface area contributed by atoms with E-state index in [4.69, 9.17) is 20.4 Å². The fraction of sp³-hybridized carbons (Fsp3) is 0.733. The van der Waals surface area contributed by atoms with Gasteiger partial charge in [0.05, 0.1) is 13.2 Å². The summed E-state index contributed by atoms with van der Waals surface area (Å²) in [4.78, 5) is 43.3. The molecule has 0 aromatic carbocycles. The fourth-order valence-electron chi connectivity index (χ4n) is 1.78. The van der Waals surface area contributed by atoms with Crippen LogP contribution in [0.15, 0.2) is 0 Å². The summed E-state index contributed by atoms with van der Waals surface area (Å²) < 4.78 is 9.24. The Morgan fingerprint density at radius 3 is 1.15 bits per heavy atom. The second-order valence-corrected chi connectivity index (χ2v) is 5.56. The molecule has 0 bridgehead atoms. The van der Waals surface area contributed by atoms with E-state index in [2.05, 4.69) is 9.47 Å². The number of hydrogen-bond acceptors (Lipinski definition) is 10. The van der Waals surface area contributed by atoms with Gasteiger partial charge in [0.15, 0.2) is 24.4 Å². The van der Waals surface area contributed by atoms with Crippen molar-refractivity contribution in [3.8, 4) is 0 Å². The number of esters is 2. The minimum atomic E-state index is -2.25. The first-order valence-electron chi connectivity index (χ1n) is 8.10. The fourth-order valence-corrected chi connectivity index (χ4v) is 1.78. The number of unbranched alkanes of at least 4 members (excludes halogenated alkanes) is 4. The van der Waals surface area contributed by atoms with Crippen molar-refractivity contribution in [1.29, 1.82) is 0 Å². The SMILES string of the molecule is O=C(O)C(O)C(O)C(=O)OCCCCCCCOC(=O)C(O)C(O)C(=O)O. The number of carboxylic acids is 2. The lowest BCUT2D eigenvalue weighted by Gasteiger charge is -2.13. The lowest BCUT2D eigenvalue weighted by molar-refractivity contribution is -0.169. The second kappa shape index (κ2) is 13.0. The van der Waals surface area contributed by atoms with Crippen LogP contribution in [0.4, 0.5) is 0 Å². The molecule has 0 rings (SSSR count). The Hall–Kier alpha value is -2.28. The predicted octanol–water partition coefficient (Wildman–Crippen LogP) is -2.36. The van der Waals surface area contributed by atoms with E-state index in [9.17, 15) is 29.4 Å². The number of rotatable bonds is 14. The van der Waals surface area contributed by atoms with Gasteiger partial charge in [-0.3, -0.25) is 0 Å². The first-order chi connectivity index (χ1) is 12.6. The van der Waals surface area contributed by atoms with E-state index in [0.717, 1.165) is 0 Å². The Kier molecular flexibility index (Phi) is 11.9. The monoisotopic (exact) mass is 396 g/mol. The number of aliphatic hydroxyl groups is 4. The molecule has 156 valence electrons. The molecule has 0 aromatic heterocycles. The second-order valence-electron chi connectivity index (χ2n) is 5.56. The van der Waals surface area contributed by atoms with Crippen LogP contribution in [0.25, 0.3) is 0 Å². The minimum absolute atomic E-state index is 0.0729. The highest BCUT2D eigenvalue weighted by Gasteiger charge is 2.32. The molecule has 0 aromatic rings. The molecule has 0 aliphatic heterocycles. The van der Waals surface area contributed by atoms with Gasteiger partial charge in [0.25, 0.3) is 0 Å². The van der Waals surface area contributed by atoms with E-state index in [1.54, 1.807) is 0 Å². The lowest BCUT2D eigenvalue weighted by Crippen LogP contribution is -2.40. The molecule has 0 saturated heterocycles. The summed E-state index contributed by atoms with van der Waals surface area (Å²) in [6, 6.07) is 0. The quantitative estimate of drug-likeness (QED) is 0.134. The van der Waals surface area contributed by atoms with Crippen molar-refractivity contribution in [2.45, 2.75) is 56.5 Å². The van der Waals surface area contributed by atoms with Crippen LogP contribution in [-0.4, -0.2) is 92.1 Å². The van der Waals surface area contributed by atoms with Crippen LogP contribution in [0.2, 0.25) is 0 Å². The zero-order chi connectivity index (χ0) is 21.0. The van der Waals surface area contributed by atoms with Crippen molar-refractivity contribution in [2.24, 2.45) is 0 Å². The standard InChI is InChI=1S/C15H24O12/c16-8(12(20)21)10(18)14(24)26-6-4-2-1-3-5-7-27-15(25)11(19)9(17)13(22)23/h8-11,16-19H,1-7H2,(H,20,21)(H,22,23).